The summed E-state index contributed by atoms with van der Waals surface area (Å²) in [4.78, 5) is 29.9. The van der Waals surface area contributed by atoms with Gasteiger partial charge in [0, 0.05) is 27.2 Å². The molecule has 33 heavy (non-hydrogen) atoms. The minimum Gasteiger partial charge on any atom is -0.379 e. The zero-order chi connectivity index (χ0) is 23.4. The number of benzene rings is 2. The van der Waals surface area contributed by atoms with Crippen molar-refractivity contribution < 1.29 is 14.2 Å². The highest BCUT2D eigenvalue weighted by Crippen LogP contribution is 2.36. The number of rotatable bonds is 6. The molecule has 2 aromatic carbocycles. The Bertz CT molecular complexity index is 1130. The monoisotopic (exact) mass is 447 g/mol. The average Bonchev–Trinajstić information content (AvgIpc) is 3.23. The highest BCUT2D eigenvalue weighted by molar-refractivity contribution is 5.85. The molecule has 2 heterocycles. The number of nitrogens with zero attached hydrogens (tertiary/aromatic N) is 4. The molecule has 2 N–H and O–H groups in total. The number of carbonyl (C=O) groups is 2. The van der Waals surface area contributed by atoms with Crippen LogP contribution in [0.1, 0.15) is 24.1 Å². The number of aromatic nitrogens is 2. The van der Waals surface area contributed by atoms with E-state index in [9.17, 15) is 9.59 Å². The van der Waals surface area contributed by atoms with Crippen LogP contribution in [-0.4, -0.2) is 59.1 Å². The molecule has 0 radical (unpaired) electrons. The molecule has 8 heteroatoms. The van der Waals surface area contributed by atoms with Crippen LogP contribution in [0.4, 0.5) is 5.82 Å². The summed E-state index contributed by atoms with van der Waals surface area (Å²) in [6.45, 7) is 0.945. The van der Waals surface area contributed by atoms with Gasteiger partial charge in [-0.25, -0.2) is 4.63 Å². The zero-order valence-electron chi connectivity index (χ0n) is 19.0. The van der Waals surface area contributed by atoms with Crippen molar-refractivity contribution in [3.63, 3.8) is 0 Å². The van der Waals surface area contributed by atoms with E-state index in [1.165, 1.54) is 0 Å². The van der Waals surface area contributed by atoms with Crippen molar-refractivity contribution >= 4 is 17.6 Å². The van der Waals surface area contributed by atoms with E-state index < -0.39 is 5.41 Å². The van der Waals surface area contributed by atoms with Gasteiger partial charge < -0.3 is 15.5 Å². The van der Waals surface area contributed by atoms with Crippen LogP contribution in [-0.2, 0) is 22.4 Å². The van der Waals surface area contributed by atoms with Gasteiger partial charge in [0.1, 0.15) is 5.69 Å². The third-order valence-corrected chi connectivity index (χ3v) is 6.27. The van der Waals surface area contributed by atoms with Crippen LogP contribution < -0.4 is 5.73 Å². The van der Waals surface area contributed by atoms with Crippen LogP contribution in [0.25, 0.3) is 11.1 Å². The van der Waals surface area contributed by atoms with E-state index in [4.69, 9.17) is 5.73 Å². The van der Waals surface area contributed by atoms with Gasteiger partial charge in [-0.2, -0.15) is 0 Å². The number of hydrogen-bond acceptors (Lipinski definition) is 6. The van der Waals surface area contributed by atoms with Gasteiger partial charge in [-0.15, -0.1) is 0 Å². The number of piperidine rings is 1. The van der Waals surface area contributed by atoms with Crippen LogP contribution >= 0.6 is 0 Å². The molecule has 0 aliphatic carbocycles. The first-order valence-electron chi connectivity index (χ1n) is 11.1. The summed E-state index contributed by atoms with van der Waals surface area (Å²) in [6, 6.07) is 18.5. The standard InChI is InChI=1S/C25H29N5O3/c1-29(2)24(32)25(16-18-8-6-11-20(14-18)19-9-4-3-5-10-19)12-7-13-30(17-25)22(31)15-21-23(26)28-33-27-21/h3-6,8-11,14H,7,12-13,15-17H2,1-2H3,(H2,26,28)/t25-/m1/s1. The second-order valence-electron chi connectivity index (χ2n) is 8.91. The Kier molecular flexibility index (Phi) is 6.44. The van der Waals surface area contributed by atoms with Crippen LogP contribution in [0.2, 0.25) is 0 Å². The highest BCUT2D eigenvalue weighted by atomic mass is 16.6. The van der Waals surface area contributed by atoms with E-state index in [-0.39, 0.29) is 24.1 Å². The van der Waals surface area contributed by atoms with Gasteiger partial charge in [0.15, 0.2) is 5.82 Å². The molecule has 8 nitrogen and oxygen atoms in total. The van der Waals surface area contributed by atoms with Crippen LogP contribution in [0.5, 0.6) is 0 Å². The molecule has 1 aliphatic rings. The molecule has 0 unspecified atom stereocenters. The molecular formula is C25H29N5O3. The van der Waals surface area contributed by atoms with E-state index in [0.29, 0.717) is 25.2 Å². The molecule has 3 aromatic rings. The summed E-state index contributed by atoms with van der Waals surface area (Å²) in [5.41, 5.74) is 8.67. The van der Waals surface area contributed by atoms with Gasteiger partial charge in [-0.3, -0.25) is 9.59 Å². The fraction of sp³-hybridized carbons (Fsp3) is 0.360. The third-order valence-electron chi connectivity index (χ3n) is 6.27. The van der Waals surface area contributed by atoms with E-state index in [0.717, 1.165) is 29.5 Å². The van der Waals surface area contributed by atoms with E-state index in [2.05, 4.69) is 45.3 Å². The minimum atomic E-state index is -0.694. The Labute approximate surface area is 193 Å². The van der Waals surface area contributed by atoms with Crippen LogP contribution in [0.3, 0.4) is 0 Å². The number of amides is 2. The van der Waals surface area contributed by atoms with Crippen molar-refractivity contribution in [2.24, 2.45) is 5.41 Å². The Hall–Kier alpha value is -3.68. The van der Waals surface area contributed by atoms with E-state index >= 15 is 0 Å². The number of hydrogen-bond donors (Lipinski definition) is 1. The highest BCUT2D eigenvalue weighted by Gasteiger charge is 2.44. The van der Waals surface area contributed by atoms with Gasteiger partial charge in [-0.05, 0) is 41.1 Å². The fourth-order valence-corrected chi connectivity index (χ4v) is 4.69. The van der Waals surface area contributed by atoms with Crippen LogP contribution in [0, 0.1) is 5.41 Å². The van der Waals surface area contributed by atoms with E-state index in [1.807, 2.05) is 24.3 Å². The summed E-state index contributed by atoms with van der Waals surface area (Å²) in [6.07, 6.45) is 2.03. The predicted molar refractivity (Wildman–Crippen MR) is 125 cm³/mol. The van der Waals surface area contributed by atoms with E-state index in [1.54, 1.807) is 23.9 Å². The Morgan fingerprint density at radius 2 is 1.85 bits per heavy atom. The third kappa shape index (κ3) is 4.89. The zero-order valence-corrected chi connectivity index (χ0v) is 19.0. The summed E-state index contributed by atoms with van der Waals surface area (Å²) in [7, 11) is 3.54. The lowest BCUT2D eigenvalue weighted by atomic mass is 9.73. The average molecular weight is 448 g/mol. The number of nitrogen functional groups attached to an aromatic ring is 1. The molecule has 172 valence electrons. The number of nitrogens with two attached hydrogens (primary N) is 1. The summed E-state index contributed by atoms with van der Waals surface area (Å²) in [5.74, 6) is 0.0208. The van der Waals surface area contributed by atoms with Crippen LogP contribution in [0.15, 0.2) is 59.2 Å². The maximum Gasteiger partial charge on any atom is 0.230 e. The van der Waals surface area contributed by atoms with Crippen molar-refractivity contribution in [1.82, 2.24) is 20.1 Å². The van der Waals surface area contributed by atoms with Crippen molar-refractivity contribution in [2.75, 3.05) is 32.9 Å². The quantitative estimate of drug-likeness (QED) is 0.623. The maximum absolute atomic E-state index is 13.4. The second kappa shape index (κ2) is 9.44. The largest absolute Gasteiger partial charge is 0.379 e. The lowest BCUT2D eigenvalue weighted by Gasteiger charge is -2.43. The number of likely N-dealkylation sites (tertiary alicyclic amines) is 1. The molecule has 2 amide bonds. The van der Waals surface area contributed by atoms with Gasteiger partial charge in [0.2, 0.25) is 11.8 Å². The molecule has 1 aromatic heterocycles. The van der Waals surface area contributed by atoms with Gasteiger partial charge in [0.25, 0.3) is 0 Å². The Morgan fingerprint density at radius 1 is 1.09 bits per heavy atom. The fourth-order valence-electron chi connectivity index (χ4n) is 4.69. The van der Waals surface area contributed by atoms with Crippen molar-refractivity contribution in [3.8, 4) is 11.1 Å². The smallest absolute Gasteiger partial charge is 0.230 e. The SMILES string of the molecule is CN(C)C(=O)[C@@]1(Cc2cccc(-c3ccccc3)c2)CCCN(C(=O)Cc2nonc2N)C1. The lowest BCUT2D eigenvalue weighted by molar-refractivity contribution is -0.147. The number of anilines is 1. The maximum atomic E-state index is 13.4. The first-order valence-corrected chi connectivity index (χ1v) is 11.1. The molecule has 0 saturated carbocycles. The molecule has 0 bridgehead atoms. The second-order valence-corrected chi connectivity index (χ2v) is 8.91. The predicted octanol–water partition coefficient (Wildman–Crippen LogP) is 2.80. The lowest BCUT2D eigenvalue weighted by Crippen LogP contribution is -2.54. The molecule has 1 atom stereocenters. The number of carbonyl (C=O) groups excluding carboxylic acids is 2. The first kappa shape index (κ1) is 22.5. The summed E-state index contributed by atoms with van der Waals surface area (Å²) < 4.78 is 4.61. The van der Waals surface area contributed by atoms with Gasteiger partial charge >= 0.3 is 0 Å². The topological polar surface area (TPSA) is 106 Å². The Balaban J connectivity index is 1.59. The molecule has 1 aliphatic heterocycles. The molecule has 4 rings (SSSR count). The Morgan fingerprint density at radius 3 is 2.55 bits per heavy atom. The summed E-state index contributed by atoms with van der Waals surface area (Å²) >= 11 is 0. The van der Waals surface area contributed by atoms with Crippen molar-refractivity contribution in [2.45, 2.75) is 25.7 Å². The van der Waals surface area contributed by atoms with Gasteiger partial charge in [0.05, 0.1) is 11.8 Å². The van der Waals surface area contributed by atoms with Crippen molar-refractivity contribution in [3.05, 3.63) is 65.9 Å². The van der Waals surface area contributed by atoms with Gasteiger partial charge in [-0.1, -0.05) is 59.8 Å². The first-order chi connectivity index (χ1) is 15.9. The molecule has 0 spiro atoms. The summed E-state index contributed by atoms with van der Waals surface area (Å²) in [5, 5.41) is 7.27. The molecule has 1 saturated heterocycles. The molecular weight excluding hydrogens is 418 g/mol. The molecule has 1 fully saturated rings. The van der Waals surface area contributed by atoms with Crippen molar-refractivity contribution in [1.29, 1.82) is 0 Å². The minimum absolute atomic E-state index is 0.00502. The normalized spacial score (nSPS) is 18.2.